The fourth-order valence-electron chi connectivity index (χ4n) is 1.90. The molecule has 1 unspecified atom stereocenters. The van der Waals surface area contributed by atoms with Gasteiger partial charge < -0.3 is 5.11 Å². The van der Waals surface area contributed by atoms with Gasteiger partial charge in [0.2, 0.25) is 0 Å². The number of unbranched alkanes of at least 4 members (excludes halogenated alkanes) is 8. The molecule has 0 spiro atoms. The van der Waals surface area contributed by atoms with Crippen molar-refractivity contribution >= 4 is 0 Å². The van der Waals surface area contributed by atoms with Crippen LogP contribution in [0.15, 0.2) is 12.7 Å². The van der Waals surface area contributed by atoms with Crippen LogP contribution < -0.4 is 0 Å². The Morgan fingerprint density at radius 2 is 1.37 bits per heavy atom. The molecule has 19 heavy (non-hydrogen) atoms. The molecule has 0 aromatic heterocycles. The average molecular weight is 271 g/mol. The standard InChI is InChI=1S/C10H20.C8H18O/c1-3-5-7-9-10-8-6-4-2;1-3-5-6-7-8(9)4-2/h3H,1,4-10H2,2H3;8-9H,3-7H2,1-2H3. The van der Waals surface area contributed by atoms with Crippen molar-refractivity contribution < 1.29 is 5.11 Å². The van der Waals surface area contributed by atoms with Gasteiger partial charge in [-0.2, -0.15) is 0 Å². The third kappa shape index (κ3) is 23.2. The maximum atomic E-state index is 9.08. The van der Waals surface area contributed by atoms with Gasteiger partial charge in [-0.15, -0.1) is 6.58 Å². The molecule has 0 amide bonds. The molecule has 0 saturated carbocycles. The lowest BCUT2D eigenvalue weighted by Crippen LogP contribution is -2.02. The second-order valence-electron chi connectivity index (χ2n) is 5.40. The zero-order valence-corrected chi connectivity index (χ0v) is 13.8. The Labute approximate surface area is 122 Å². The number of allylic oxidation sites excluding steroid dienone is 1. The van der Waals surface area contributed by atoms with E-state index in [1.807, 2.05) is 13.0 Å². The van der Waals surface area contributed by atoms with Gasteiger partial charge in [0.25, 0.3) is 0 Å². The van der Waals surface area contributed by atoms with Crippen molar-refractivity contribution in [2.45, 2.75) is 104 Å². The van der Waals surface area contributed by atoms with Gasteiger partial charge in [-0.25, -0.2) is 0 Å². The molecule has 0 aliphatic carbocycles. The van der Waals surface area contributed by atoms with Gasteiger partial charge in [-0.1, -0.05) is 78.2 Å². The number of hydrogen-bond donors (Lipinski definition) is 1. The van der Waals surface area contributed by atoms with Crippen LogP contribution in [0, 0.1) is 0 Å². The minimum absolute atomic E-state index is 0.0449. The largest absolute Gasteiger partial charge is 0.393 e. The van der Waals surface area contributed by atoms with E-state index >= 15 is 0 Å². The zero-order chi connectivity index (χ0) is 14.8. The van der Waals surface area contributed by atoms with E-state index in [2.05, 4.69) is 20.4 Å². The Balaban J connectivity index is 0. The van der Waals surface area contributed by atoms with Crippen molar-refractivity contribution in [2.75, 3.05) is 0 Å². The van der Waals surface area contributed by atoms with Crippen molar-refractivity contribution in [3.05, 3.63) is 12.7 Å². The molecule has 0 aliphatic heterocycles. The highest BCUT2D eigenvalue weighted by Crippen LogP contribution is 2.06. The van der Waals surface area contributed by atoms with Gasteiger partial charge in [0.05, 0.1) is 6.10 Å². The first-order valence-corrected chi connectivity index (χ1v) is 8.51. The summed E-state index contributed by atoms with van der Waals surface area (Å²) in [6, 6.07) is 0. The Morgan fingerprint density at radius 3 is 1.89 bits per heavy atom. The van der Waals surface area contributed by atoms with Gasteiger partial charge in [0.15, 0.2) is 0 Å². The quantitative estimate of drug-likeness (QED) is 0.328. The number of aliphatic hydroxyl groups excluding tert-OH is 1. The van der Waals surface area contributed by atoms with Gasteiger partial charge in [-0.05, 0) is 25.7 Å². The molecule has 1 atom stereocenters. The van der Waals surface area contributed by atoms with Crippen LogP contribution in [0.25, 0.3) is 0 Å². The Hall–Kier alpha value is -0.300. The van der Waals surface area contributed by atoms with E-state index in [1.54, 1.807) is 0 Å². The first-order chi connectivity index (χ1) is 9.22. The molecule has 0 rings (SSSR count). The topological polar surface area (TPSA) is 20.2 Å². The van der Waals surface area contributed by atoms with Crippen LogP contribution in [0.5, 0.6) is 0 Å². The maximum absolute atomic E-state index is 9.08. The summed E-state index contributed by atoms with van der Waals surface area (Å²) < 4.78 is 0. The minimum Gasteiger partial charge on any atom is -0.393 e. The van der Waals surface area contributed by atoms with Gasteiger partial charge >= 0.3 is 0 Å². The van der Waals surface area contributed by atoms with Crippen molar-refractivity contribution in [1.82, 2.24) is 0 Å². The Bertz CT molecular complexity index is 154. The summed E-state index contributed by atoms with van der Waals surface area (Å²) in [5.74, 6) is 0. The summed E-state index contributed by atoms with van der Waals surface area (Å²) in [5, 5.41) is 9.08. The lowest BCUT2D eigenvalue weighted by molar-refractivity contribution is 0.156. The molecule has 0 aromatic carbocycles. The third-order valence-corrected chi connectivity index (χ3v) is 3.37. The third-order valence-electron chi connectivity index (χ3n) is 3.37. The average Bonchev–Trinajstić information content (AvgIpc) is 2.43. The highest BCUT2D eigenvalue weighted by Gasteiger charge is 1.97. The number of hydrogen-bond acceptors (Lipinski definition) is 1. The maximum Gasteiger partial charge on any atom is 0.0537 e. The first-order valence-electron chi connectivity index (χ1n) is 8.51. The predicted molar refractivity (Wildman–Crippen MR) is 88.6 cm³/mol. The van der Waals surface area contributed by atoms with E-state index in [0.717, 1.165) is 12.8 Å². The molecule has 1 heteroatoms. The first kappa shape index (κ1) is 21.0. The molecule has 0 radical (unpaired) electrons. The molecule has 0 aliphatic rings. The lowest BCUT2D eigenvalue weighted by Gasteiger charge is -2.04. The van der Waals surface area contributed by atoms with E-state index in [4.69, 9.17) is 5.11 Å². The fraction of sp³-hybridized carbons (Fsp3) is 0.889. The fourth-order valence-corrected chi connectivity index (χ4v) is 1.90. The summed E-state index contributed by atoms with van der Waals surface area (Å²) in [6.45, 7) is 10.2. The van der Waals surface area contributed by atoms with Crippen LogP contribution >= 0.6 is 0 Å². The van der Waals surface area contributed by atoms with Crippen molar-refractivity contribution in [3.8, 4) is 0 Å². The Kier molecular flexibility index (Phi) is 22.1. The van der Waals surface area contributed by atoms with E-state index in [0.29, 0.717) is 0 Å². The summed E-state index contributed by atoms with van der Waals surface area (Å²) >= 11 is 0. The van der Waals surface area contributed by atoms with E-state index < -0.39 is 0 Å². The second-order valence-corrected chi connectivity index (χ2v) is 5.40. The Morgan fingerprint density at radius 1 is 0.842 bits per heavy atom. The number of rotatable bonds is 12. The summed E-state index contributed by atoms with van der Waals surface area (Å²) in [4.78, 5) is 0. The molecule has 0 aromatic rings. The molecule has 1 N–H and O–H groups in total. The van der Waals surface area contributed by atoms with E-state index in [1.165, 1.54) is 64.2 Å². The molecule has 0 bridgehead atoms. The molecule has 0 fully saturated rings. The number of aliphatic hydroxyl groups is 1. The summed E-state index contributed by atoms with van der Waals surface area (Å²) in [5.41, 5.74) is 0. The molecule has 0 heterocycles. The van der Waals surface area contributed by atoms with Crippen molar-refractivity contribution in [2.24, 2.45) is 0 Å². The smallest absolute Gasteiger partial charge is 0.0537 e. The molecule has 1 nitrogen and oxygen atoms in total. The lowest BCUT2D eigenvalue weighted by atomic mass is 10.1. The highest BCUT2D eigenvalue weighted by atomic mass is 16.3. The van der Waals surface area contributed by atoms with Gasteiger partial charge in [0.1, 0.15) is 0 Å². The van der Waals surface area contributed by atoms with Gasteiger partial charge in [-0.3, -0.25) is 0 Å². The zero-order valence-electron chi connectivity index (χ0n) is 13.8. The molecular weight excluding hydrogens is 232 g/mol. The second kappa shape index (κ2) is 20.0. The van der Waals surface area contributed by atoms with E-state index in [9.17, 15) is 0 Å². The summed E-state index contributed by atoms with van der Waals surface area (Å²) in [6.07, 6.45) is 17.1. The predicted octanol–water partition coefficient (Wildman–Crippen LogP) is 6.26. The van der Waals surface area contributed by atoms with Crippen LogP contribution in [0.2, 0.25) is 0 Å². The molecule has 116 valence electrons. The minimum atomic E-state index is -0.0449. The summed E-state index contributed by atoms with van der Waals surface area (Å²) in [7, 11) is 0. The van der Waals surface area contributed by atoms with Crippen LogP contribution in [-0.4, -0.2) is 11.2 Å². The monoisotopic (exact) mass is 270 g/mol. The van der Waals surface area contributed by atoms with E-state index in [-0.39, 0.29) is 6.10 Å². The molecule has 0 saturated heterocycles. The van der Waals surface area contributed by atoms with Gasteiger partial charge in [0, 0.05) is 0 Å². The highest BCUT2D eigenvalue weighted by molar-refractivity contribution is 4.65. The van der Waals surface area contributed by atoms with Crippen molar-refractivity contribution in [3.63, 3.8) is 0 Å². The van der Waals surface area contributed by atoms with Crippen LogP contribution in [0.4, 0.5) is 0 Å². The SMILES string of the molecule is C=CCCCCCCCC.CCCCCC(O)CC. The van der Waals surface area contributed by atoms with Crippen molar-refractivity contribution in [1.29, 1.82) is 0 Å². The molecular formula is C18H38O. The van der Waals surface area contributed by atoms with Crippen LogP contribution in [0.1, 0.15) is 97.8 Å². The van der Waals surface area contributed by atoms with Crippen LogP contribution in [0.3, 0.4) is 0 Å². The van der Waals surface area contributed by atoms with Crippen LogP contribution in [-0.2, 0) is 0 Å². The normalized spacial score (nSPS) is 11.6.